The second kappa shape index (κ2) is 7.25. The fraction of sp³-hybridized carbons (Fsp3) is 0.533. The van der Waals surface area contributed by atoms with Crippen molar-refractivity contribution in [2.45, 2.75) is 19.1 Å². The fourth-order valence-electron chi connectivity index (χ4n) is 2.45. The highest BCUT2D eigenvalue weighted by molar-refractivity contribution is 5.28. The minimum atomic E-state index is -0.142. The van der Waals surface area contributed by atoms with Gasteiger partial charge >= 0.3 is 0 Å². The molecular formula is C15H21N3O. The Hall–Kier alpha value is -1.41. The quantitative estimate of drug-likeness (QED) is 0.894. The second-order valence-corrected chi connectivity index (χ2v) is 4.85. The summed E-state index contributed by atoms with van der Waals surface area (Å²) in [6.07, 6.45) is 1.10. The molecule has 1 aliphatic heterocycles. The third-order valence-corrected chi connectivity index (χ3v) is 3.47. The lowest BCUT2D eigenvalue weighted by Gasteiger charge is -2.25. The average Bonchev–Trinajstić information content (AvgIpc) is 2.71. The van der Waals surface area contributed by atoms with Crippen LogP contribution in [0.4, 0.5) is 0 Å². The van der Waals surface area contributed by atoms with Crippen LogP contribution in [-0.4, -0.2) is 38.2 Å². The number of nitriles is 1. The highest BCUT2D eigenvalue weighted by Gasteiger charge is 2.20. The van der Waals surface area contributed by atoms with Gasteiger partial charge in [0.15, 0.2) is 0 Å². The lowest BCUT2D eigenvalue weighted by atomic mass is 10.0. The van der Waals surface area contributed by atoms with E-state index in [1.165, 1.54) is 0 Å². The molecule has 0 radical (unpaired) electrons. The van der Waals surface area contributed by atoms with Crippen molar-refractivity contribution < 1.29 is 4.74 Å². The lowest BCUT2D eigenvalue weighted by molar-refractivity contribution is 0.185. The van der Waals surface area contributed by atoms with Crippen LogP contribution < -0.4 is 5.32 Å². The fourth-order valence-corrected chi connectivity index (χ4v) is 2.45. The van der Waals surface area contributed by atoms with Crippen LogP contribution in [0.2, 0.25) is 0 Å². The maximum atomic E-state index is 9.46. The number of nitrogens with one attached hydrogen (secondary N) is 1. The Morgan fingerprint density at radius 3 is 2.79 bits per heavy atom. The molecular weight excluding hydrogens is 238 g/mol. The molecule has 1 heterocycles. The van der Waals surface area contributed by atoms with Gasteiger partial charge in [0.1, 0.15) is 6.04 Å². The number of hydrogen-bond donors (Lipinski definition) is 1. The van der Waals surface area contributed by atoms with Crippen molar-refractivity contribution in [2.75, 3.05) is 33.3 Å². The predicted molar refractivity (Wildman–Crippen MR) is 74.6 cm³/mol. The molecule has 0 amide bonds. The van der Waals surface area contributed by atoms with Gasteiger partial charge in [0.25, 0.3) is 0 Å². The average molecular weight is 259 g/mol. The van der Waals surface area contributed by atoms with Gasteiger partial charge in [0.05, 0.1) is 12.7 Å². The van der Waals surface area contributed by atoms with Crippen LogP contribution in [0.1, 0.15) is 23.6 Å². The normalized spacial score (nSPS) is 18.5. The summed E-state index contributed by atoms with van der Waals surface area (Å²) in [7, 11) is 1.69. The Bertz CT molecular complexity index is 416. The zero-order chi connectivity index (χ0) is 13.5. The molecule has 1 fully saturated rings. The van der Waals surface area contributed by atoms with Crippen LogP contribution in [0.15, 0.2) is 24.3 Å². The first kappa shape index (κ1) is 14.0. The molecule has 2 rings (SSSR count). The molecule has 0 aromatic heterocycles. The van der Waals surface area contributed by atoms with E-state index in [1.807, 2.05) is 24.3 Å². The molecule has 0 aliphatic carbocycles. The van der Waals surface area contributed by atoms with E-state index >= 15 is 0 Å². The molecule has 1 atom stereocenters. The van der Waals surface area contributed by atoms with Crippen LogP contribution in [0.3, 0.4) is 0 Å². The van der Waals surface area contributed by atoms with Crippen LogP contribution in [0, 0.1) is 11.3 Å². The van der Waals surface area contributed by atoms with E-state index in [2.05, 4.69) is 16.3 Å². The van der Waals surface area contributed by atoms with Crippen LogP contribution in [-0.2, 0) is 11.3 Å². The zero-order valence-corrected chi connectivity index (χ0v) is 11.4. The van der Waals surface area contributed by atoms with E-state index in [0.717, 1.165) is 43.7 Å². The van der Waals surface area contributed by atoms with Crippen molar-refractivity contribution in [2.24, 2.45) is 0 Å². The van der Waals surface area contributed by atoms with Crippen molar-refractivity contribution in [3.63, 3.8) is 0 Å². The van der Waals surface area contributed by atoms with Gasteiger partial charge in [-0.3, -0.25) is 4.90 Å². The van der Waals surface area contributed by atoms with Crippen LogP contribution in [0.5, 0.6) is 0 Å². The van der Waals surface area contributed by atoms with Crippen molar-refractivity contribution in [1.29, 1.82) is 5.26 Å². The molecule has 1 aromatic rings. The molecule has 0 saturated carbocycles. The van der Waals surface area contributed by atoms with Crippen LogP contribution in [0.25, 0.3) is 0 Å². The zero-order valence-electron chi connectivity index (χ0n) is 11.4. The molecule has 1 unspecified atom stereocenters. The standard InChI is InChI=1S/C15H21N3O/c1-19-12-13-3-5-14(6-4-13)15(11-16)18-9-2-7-17-8-10-18/h3-6,15,17H,2,7-10,12H2,1H3. The lowest BCUT2D eigenvalue weighted by Crippen LogP contribution is -2.31. The van der Waals surface area contributed by atoms with E-state index in [4.69, 9.17) is 4.74 Å². The molecule has 0 spiro atoms. The van der Waals surface area contributed by atoms with Gasteiger partial charge in [-0.1, -0.05) is 24.3 Å². The Morgan fingerprint density at radius 2 is 2.11 bits per heavy atom. The molecule has 102 valence electrons. The summed E-state index contributed by atoms with van der Waals surface area (Å²) in [6, 6.07) is 10.5. The molecule has 19 heavy (non-hydrogen) atoms. The monoisotopic (exact) mass is 259 g/mol. The highest BCUT2D eigenvalue weighted by atomic mass is 16.5. The largest absolute Gasteiger partial charge is 0.380 e. The highest BCUT2D eigenvalue weighted by Crippen LogP contribution is 2.21. The van der Waals surface area contributed by atoms with Gasteiger partial charge in [0, 0.05) is 26.7 Å². The second-order valence-electron chi connectivity index (χ2n) is 4.85. The van der Waals surface area contributed by atoms with Crippen LogP contribution >= 0.6 is 0 Å². The molecule has 4 heteroatoms. The van der Waals surface area contributed by atoms with Crippen molar-refractivity contribution in [3.05, 3.63) is 35.4 Å². The van der Waals surface area contributed by atoms with Crippen molar-refractivity contribution >= 4 is 0 Å². The number of hydrogen-bond acceptors (Lipinski definition) is 4. The van der Waals surface area contributed by atoms with E-state index in [9.17, 15) is 5.26 Å². The minimum Gasteiger partial charge on any atom is -0.380 e. The van der Waals surface area contributed by atoms with Gasteiger partial charge < -0.3 is 10.1 Å². The van der Waals surface area contributed by atoms with Gasteiger partial charge in [-0.15, -0.1) is 0 Å². The molecule has 1 N–H and O–H groups in total. The van der Waals surface area contributed by atoms with Crippen molar-refractivity contribution in [3.8, 4) is 6.07 Å². The number of ether oxygens (including phenoxy) is 1. The number of rotatable bonds is 4. The summed E-state index contributed by atoms with van der Waals surface area (Å²) in [5.41, 5.74) is 2.21. The smallest absolute Gasteiger partial charge is 0.123 e. The summed E-state index contributed by atoms with van der Waals surface area (Å²) in [6.45, 7) is 4.52. The third-order valence-electron chi connectivity index (χ3n) is 3.47. The molecule has 4 nitrogen and oxygen atoms in total. The summed E-state index contributed by atoms with van der Waals surface area (Å²) in [5.74, 6) is 0. The van der Waals surface area contributed by atoms with E-state index in [1.54, 1.807) is 7.11 Å². The first-order valence-electron chi connectivity index (χ1n) is 6.77. The Balaban J connectivity index is 2.09. The van der Waals surface area contributed by atoms with E-state index in [0.29, 0.717) is 6.61 Å². The summed E-state index contributed by atoms with van der Waals surface area (Å²) in [4.78, 5) is 2.26. The Morgan fingerprint density at radius 1 is 1.32 bits per heavy atom. The summed E-state index contributed by atoms with van der Waals surface area (Å²) < 4.78 is 5.10. The summed E-state index contributed by atoms with van der Waals surface area (Å²) >= 11 is 0. The SMILES string of the molecule is COCc1ccc(C(C#N)N2CCCNCC2)cc1. The first-order valence-corrected chi connectivity index (χ1v) is 6.77. The maximum Gasteiger partial charge on any atom is 0.123 e. The van der Waals surface area contributed by atoms with Crippen molar-refractivity contribution in [1.82, 2.24) is 10.2 Å². The molecule has 1 aliphatic rings. The van der Waals surface area contributed by atoms with Gasteiger partial charge in [-0.25, -0.2) is 0 Å². The third kappa shape index (κ3) is 3.77. The predicted octanol–water partition coefficient (Wildman–Crippen LogP) is 1.69. The van der Waals surface area contributed by atoms with E-state index in [-0.39, 0.29) is 6.04 Å². The van der Waals surface area contributed by atoms with E-state index < -0.39 is 0 Å². The first-order chi connectivity index (χ1) is 9.35. The minimum absolute atomic E-state index is 0.142. The molecule has 1 saturated heterocycles. The van der Waals surface area contributed by atoms with Gasteiger partial charge in [0.2, 0.25) is 0 Å². The number of methoxy groups -OCH3 is 1. The Labute approximate surface area is 115 Å². The topological polar surface area (TPSA) is 48.3 Å². The summed E-state index contributed by atoms with van der Waals surface area (Å²) in [5, 5.41) is 12.8. The Kier molecular flexibility index (Phi) is 5.34. The molecule has 0 bridgehead atoms. The number of benzene rings is 1. The van der Waals surface area contributed by atoms with Gasteiger partial charge in [-0.2, -0.15) is 5.26 Å². The maximum absolute atomic E-state index is 9.46. The van der Waals surface area contributed by atoms with Gasteiger partial charge in [-0.05, 0) is 24.1 Å². The number of nitrogens with zero attached hydrogens (tertiary/aromatic N) is 2. The molecule has 1 aromatic carbocycles.